The fourth-order valence-corrected chi connectivity index (χ4v) is 3.09. The number of rotatable bonds is 7. The molecule has 1 fully saturated rings. The molecule has 1 aliphatic rings. The molecule has 2 atom stereocenters. The highest BCUT2D eigenvalue weighted by atomic mass is 15.3. The molecule has 0 amide bonds. The van der Waals surface area contributed by atoms with Gasteiger partial charge in [0.05, 0.1) is 0 Å². The molecule has 3 heteroatoms. The van der Waals surface area contributed by atoms with Gasteiger partial charge in [-0.1, -0.05) is 37.3 Å². The quantitative estimate of drug-likeness (QED) is 0.838. The van der Waals surface area contributed by atoms with Gasteiger partial charge in [-0.2, -0.15) is 0 Å². The van der Waals surface area contributed by atoms with Crippen LogP contribution in [-0.2, 0) is 0 Å². The highest BCUT2D eigenvalue weighted by molar-refractivity contribution is 5.18. The Morgan fingerprint density at radius 2 is 1.76 bits per heavy atom. The van der Waals surface area contributed by atoms with Gasteiger partial charge in [-0.25, -0.2) is 0 Å². The van der Waals surface area contributed by atoms with Crippen LogP contribution in [0.15, 0.2) is 30.3 Å². The Kier molecular flexibility index (Phi) is 6.68. The molecular formula is C18H31N3. The zero-order valence-corrected chi connectivity index (χ0v) is 13.7. The second kappa shape index (κ2) is 8.52. The van der Waals surface area contributed by atoms with Crippen molar-refractivity contribution in [2.75, 3.05) is 32.7 Å². The van der Waals surface area contributed by atoms with Gasteiger partial charge in [-0.05, 0) is 38.3 Å². The fourth-order valence-electron chi connectivity index (χ4n) is 3.09. The lowest BCUT2D eigenvalue weighted by atomic mass is 10.0. The van der Waals surface area contributed by atoms with E-state index in [1.807, 2.05) is 6.07 Å². The molecule has 0 bridgehead atoms. The number of hydrogen-bond acceptors (Lipinski definition) is 3. The zero-order valence-electron chi connectivity index (χ0n) is 13.7. The number of nitrogens with two attached hydrogens (primary N) is 1. The summed E-state index contributed by atoms with van der Waals surface area (Å²) < 4.78 is 0. The van der Waals surface area contributed by atoms with Crippen molar-refractivity contribution >= 4 is 0 Å². The molecule has 21 heavy (non-hydrogen) atoms. The smallest absolute Gasteiger partial charge is 0.0295 e. The van der Waals surface area contributed by atoms with Crippen molar-refractivity contribution in [2.45, 2.75) is 45.2 Å². The summed E-state index contributed by atoms with van der Waals surface area (Å²) in [6.07, 6.45) is 3.53. The Bertz CT molecular complexity index is 385. The topological polar surface area (TPSA) is 32.5 Å². The predicted molar refractivity (Wildman–Crippen MR) is 90.4 cm³/mol. The monoisotopic (exact) mass is 289 g/mol. The summed E-state index contributed by atoms with van der Waals surface area (Å²) in [4.78, 5) is 5.21. The molecule has 3 nitrogen and oxygen atoms in total. The van der Waals surface area contributed by atoms with Crippen LogP contribution in [0.4, 0.5) is 0 Å². The van der Waals surface area contributed by atoms with Gasteiger partial charge in [0.2, 0.25) is 0 Å². The van der Waals surface area contributed by atoms with Crippen LogP contribution in [0.1, 0.15) is 44.7 Å². The van der Waals surface area contributed by atoms with E-state index in [1.165, 1.54) is 51.1 Å². The fraction of sp³-hybridized carbons (Fsp3) is 0.667. The van der Waals surface area contributed by atoms with E-state index in [9.17, 15) is 0 Å². The summed E-state index contributed by atoms with van der Waals surface area (Å²) in [7, 11) is 0. The van der Waals surface area contributed by atoms with E-state index in [0.717, 1.165) is 12.5 Å². The minimum absolute atomic E-state index is 0.188. The molecule has 118 valence electrons. The molecule has 2 unspecified atom stereocenters. The first-order chi connectivity index (χ1) is 10.2. The predicted octanol–water partition coefficient (Wildman–Crippen LogP) is 2.88. The van der Waals surface area contributed by atoms with E-state index >= 15 is 0 Å². The van der Waals surface area contributed by atoms with Crippen LogP contribution in [0, 0.1) is 0 Å². The van der Waals surface area contributed by atoms with Crippen molar-refractivity contribution in [1.29, 1.82) is 0 Å². The van der Waals surface area contributed by atoms with Gasteiger partial charge in [0.1, 0.15) is 0 Å². The van der Waals surface area contributed by atoms with Crippen LogP contribution >= 0.6 is 0 Å². The van der Waals surface area contributed by atoms with Crippen molar-refractivity contribution in [3.8, 4) is 0 Å². The van der Waals surface area contributed by atoms with E-state index < -0.39 is 0 Å². The minimum atomic E-state index is 0.188. The lowest BCUT2D eigenvalue weighted by molar-refractivity contribution is 0.0992. The largest absolute Gasteiger partial charge is 0.324 e. The van der Waals surface area contributed by atoms with Crippen molar-refractivity contribution in [3.63, 3.8) is 0 Å². The molecule has 1 heterocycles. The average Bonchev–Trinajstić information content (AvgIpc) is 2.55. The molecule has 0 aromatic heterocycles. The molecule has 0 radical (unpaired) electrons. The number of benzene rings is 1. The lowest BCUT2D eigenvalue weighted by Crippen LogP contribution is -2.49. The van der Waals surface area contributed by atoms with E-state index in [-0.39, 0.29) is 6.04 Å². The zero-order chi connectivity index (χ0) is 15.1. The Hall–Kier alpha value is -0.900. The Morgan fingerprint density at radius 3 is 2.38 bits per heavy atom. The van der Waals surface area contributed by atoms with Gasteiger partial charge in [-0.3, -0.25) is 4.90 Å². The van der Waals surface area contributed by atoms with Crippen LogP contribution < -0.4 is 5.73 Å². The second-order valence-corrected chi connectivity index (χ2v) is 6.29. The summed E-state index contributed by atoms with van der Waals surface area (Å²) in [5.41, 5.74) is 7.53. The molecule has 2 N–H and O–H groups in total. The maximum absolute atomic E-state index is 6.26. The van der Waals surface area contributed by atoms with Crippen molar-refractivity contribution in [3.05, 3.63) is 35.9 Å². The Balaban J connectivity index is 1.64. The average molecular weight is 289 g/mol. The molecular weight excluding hydrogens is 258 g/mol. The maximum Gasteiger partial charge on any atom is 0.0295 e. The van der Waals surface area contributed by atoms with E-state index in [0.29, 0.717) is 0 Å². The summed E-state index contributed by atoms with van der Waals surface area (Å²) in [5, 5.41) is 0. The van der Waals surface area contributed by atoms with Crippen molar-refractivity contribution < 1.29 is 0 Å². The van der Waals surface area contributed by atoms with Crippen LogP contribution in [0.2, 0.25) is 0 Å². The Morgan fingerprint density at radius 1 is 1.10 bits per heavy atom. The van der Waals surface area contributed by atoms with E-state index in [2.05, 4.69) is 47.9 Å². The van der Waals surface area contributed by atoms with Crippen molar-refractivity contribution in [1.82, 2.24) is 9.80 Å². The third kappa shape index (κ3) is 5.10. The molecule has 0 spiro atoms. The van der Waals surface area contributed by atoms with E-state index in [4.69, 9.17) is 5.73 Å². The first-order valence-corrected chi connectivity index (χ1v) is 8.47. The Labute approximate surface area is 130 Å². The third-order valence-corrected chi connectivity index (χ3v) is 4.84. The number of hydrogen-bond donors (Lipinski definition) is 1. The minimum Gasteiger partial charge on any atom is -0.324 e. The van der Waals surface area contributed by atoms with Gasteiger partial charge >= 0.3 is 0 Å². The standard InChI is InChI=1S/C18H31N3/c1-3-16(2)21-14-12-20(13-15-21)11-7-10-18(19)17-8-5-4-6-9-17/h4-6,8-9,16,18H,3,7,10-15,19H2,1-2H3. The maximum atomic E-state index is 6.26. The normalized spacial score (nSPS) is 20.3. The first-order valence-electron chi connectivity index (χ1n) is 8.47. The SMILES string of the molecule is CCC(C)N1CCN(CCCC(N)c2ccccc2)CC1. The molecule has 1 aromatic rings. The third-order valence-electron chi connectivity index (χ3n) is 4.84. The molecule has 0 aliphatic carbocycles. The van der Waals surface area contributed by atoms with Gasteiger partial charge in [0.25, 0.3) is 0 Å². The first kappa shape index (κ1) is 16.5. The summed E-state index contributed by atoms with van der Waals surface area (Å²) in [5.74, 6) is 0. The molecule has 2 rings (SSSR count). The number of piperazine rings is 1. The lowest BCUT2D eigenvalue weighted by Gasteiger charge is -2.38. The van der Waals surface area contributed by atoms with Crippen LogP contribution in [0.5, 0.6) is 0 Å². The summed E-state index contributed by atoms with van der Waals surface area (Å²) >= 11 is 0. The van der Waals surface area contributed by atoms with Crippen LogP contribution in [0.3, 0.4) is 0 Å². The summed E-state index contributed by atoms with van der Waals surface area (Å²) in [6, 6.07) is 11.4. The van der Waals surface area contributed by atoms with Gasteiger partial charge < -0.3 is 10.6 Å². The molecule has 1 saturated heterocycles. The van der Waals surface area contributed by atoms with Gasteiger partial charge in [0, 0.05) is 38.3 Å². The number of nitrogens with zero attached hydrogens (tertiary/aromatic N) is 2. The molecule has 1 aliphatic heterocycles. The highest BCUT2D eigenvalue weighted by Gasteiger charge is 2.19. The molecule has 0 saturated carbocycles. The van der Waals surface area contributed by atoms with Crippen LogP contribution in [0.25, 0.3) is 0 Å². The van der Waals surface area contributed by atoms with Gasteiger partial charge in [-0.15, -0.1) is 0 Å². The second-order valence-electron chi connectivity index (χ2n) is 6.29. The van der Waals surface area contributed by atoms with E-state index in [1.54, 1.807) is 0 Å². The molecule has 1 aromatic carbocycles. The highest BCUT2D eigenvalue weighted by Crippen LogP contribution is 2.16. The van der Waals surface area contributed by atoms with Gasteiger partial charge in [0.15, 0.2) is 0 Å². The van der Waals surface area contributed by atoms with Crippen LogP contribution in [-0.4, -0.2) is 48.6 Å². The summed E-state index contributed by atoms with van der Waals surface area (Å²) in [6.45, 7) is 10.7. The van der Waals surface area contributed by atoms with Crippen molar-refractivity contribution in [2.24, 2.45) is 5.73 Å².